The fraction of sp³-hybridized carbons (Fsp3) is 0.791. The summed E-state index contributed by atoms with van der Waals surface area (Å²) in [4.78, 5) is 12.3. The number of hydrogen-bond donors (Lipinski definition) is 3. The van der Waals surface area contributed by atoms with E-state index in [1.165, 1.54) is 141 Å². The predicted molar refractivity (Wildman–Crippen MR) is 207 cm³/mol. The summed E-state index contributed by atoms with van der Waals surface area (Å²) in [6.45, 7) is 4.27. The molecule has 0 aromatic carbocycles. The van der Waals surface area contributed by atoms with Gasteiger partial charge in [0.05, 0.1) is 18.8 Å². The molecule has 0 saturated heterocycles. The third-order valence-corrected chi connectivity index (χ3v) is 9.01. The second-order valence-electron chi connectivity index (χ2n) is 13.7. The molecule has 0 radical (unpaired) electrons. The standard InChI is InChI=1S/C43H79NO3/c1-3-5-7-9-11-13-15-17-19-21-22-23-25-27-29-31-33-35-37-39-43(47)44-41(40-45)42(46)38-36-34-32-30-28-26-24-20-18-16-14-12-10-8-6-4-2/h18,20-22,28,30,36,38,41-42,45-46H,3-17,19,23-27,29,31-35,37,39-40H2,1-2H3,(H,44,47)/b20-18+,22-21-,30-28+,38-36+. The van der Waals surface area contributed by atoms with Crippen LogP contribution in [0.4, 0.5) is 0 Å². The van der Waals surface area contributed by atoms with E-state index in [0.717, 1.165) is 38.5 Å². The Bertz CT molecular complexity index is 756. The Morgan fingerprint density at radius 2 is 0.830 bits per heavy atom. The van der Waals surface area contributed by atoms with Gasteiger partial charge in [-0.2, -0.15) is 0 Å². The van der Waals surface area contributed by atoms with Crippen LogP contribution in [0.25, 0.3) is 0 Å². The molecule has 2 atom stereocenters. The number of carbonyl (C=O) groups excluding carboxylic acids is 1. The molecule has 0 aromatic rings. The molecule has 0 saturated carbocycles. The highest BCUT2D eigenvalue weighted by molar-refractivity contribution is 5.76. The summed E-state index contributed by atoms with van der Waals surface area (Å²) in [7, 11) is 0. The van der Waals surface area contributed by atoms with Crippen molar-refractivity contribution in [3.8, 4) is 0 Å². The molecule has 274 valence electrons. The zero-order valence-electron chi connectivity index (χ0n) is 31.3. The Balaban J connectivity index is 3.67. The van der Waals surface area contributed by atoms with Crippen molar-refractivity contribution in [1.82, 2.24) is 5.32 Å². The van der Waals surface area contributed by atoms with Crippen molar-refractivity contribution in [1.29, 1.82) is 0 Å². The van der Waals surface area contributed by atoms with E-state index in [-0.39, 0.29) is 12.5 Å². The Morgan fingerprint density at radius 1 is 0.489 bits per heavy atom. The van der Waals surface area contributed by atoms with Crippen LogP contribution in [0.15, 0.2) is 48.6 Å². The Morgan fingerprint density at radius 3 is 1.23 bits per heavy atom. The van der Waals surface area contributed by atoms with E-state index in [1.54, 1.807) is 6.08 Å². The van der Waals surface area contributed by atoms with Crippen molar-refractivity contribution in [2.75, 3.05) is 6.61 Å². The van der Waals surface area contributed by atoms with E-state index >= 15 is 0 Å². The first kappa shape index (κ1) is 45.3. The van der Waals surface area contributed by atoms with Gasteiger partial charge >= 0.3 is 0 Å². The van der Waals surface area contributed by atoms with Crippen LogP contribution in [0.5, 0.6) is 0 Å². The van der Waals surface area contributed by atoms with Crippen molar-refractivity contribution in [2.45, 2.75) is 212 Å². The fourth-order valence-electron chi connectivity index (χ4n) is 5.85. The molecule has 0 rings (SSSR count). The fourth-order valence-corrected chi connectivity index (χ4v) is 5.85. The maximum absolute atomic E-state index is 12.3. The van der Waals surface area contributed by atoms with Gasteiger partial charge in [-0.15, -0.1) is 0 Å². The van der Waals surface area contributed by atoms with Gasteiger partial charge in [-0.3, -0.25) is 4.79 Å². The number of unbranched alkanes of at least 4 members (excludes halogenated alkanes) is 23. The van der Waals surface area contributed by atoms with Crippen LogP contribution in [-0.2, 0) is 4.79 Å². The zero-order chi connectivity index (χ0) is 34.3. The highest BCUT2D eigenvalue weighted by atomic mass is 16.3. The second-order valence-corrected chi connectivity index (χ2v) is 13.7. The van der Waals surface area contributed by atoms with Crippen LogP contribution in [0.2, 0.25) is 0 Å². The number of aliphatic hydroxyl groups is 2. The third-order valence-electron chi connectivity index (χ3n) is 9.01. The van der Waals surface area contributed by atoms with E-state index in [0.29, 0.717) is 6.42 Å². The van der Waals surface area contributed by atoms with Crippen LogP contribution < -0.4 is 5.32 Å². The van der Waals surface area contributed by atoms with Crippen LogP contribution in [-0.4, -0.2) is 34.9 Å². The van der Waals surface area contributed by atoms with E-state index < -0.39 is 12.1 Å². The van der Waals surface area contributed by atoms with Crippen molar-refractivity contribution >= 4 is 5.91 Å². The van der Waals surface area contributed by atoms with E-state index in [4.69, 9.17) is 0 Å². The lowest BCUT2D eigenvalue weighted by Crippen LogP contribution is -2.45. The summed E-state index contributed by atoms with van der Waals surface area (Å²) < 4.78 is 0. The average molecular weight is 658 g/mol. The van der Waals surface area contributed by atoms with Gasteiger partial charge in [0, 0.05) is 6.42 Å². The number of carbonyl (C=O) groups is 1. The molecule has 3 N–H and O–H groups in total. The smallest absolute Gasteiger partial charge is 0.220 e. The molecule has 1 amide bonds. The molecule has 0 spiro atoms. The first-order valence-corrected chi connectivity index (χ1v) is 20.4. The van der Waals surface area contributed by atoms with Crippen LogP contribution in [0.1, 0.15) is 200 Å². The highest BCUT2D eigenvalue weighted by Crippen LogP contribution is 2.13. The molecule has 0 bridgehead atoms. The highest BCUT2D eigenvalue weighted by Gasteiger charge is 2.17. The van der Waals surface area contributed by atoms with Gasteiger partial charge in [-0.1, -0.05) is 172 Å². The van der Waals surface area contributed by atoms with Crippen molar-refractivity contribution in [3.05, 3.63) is 48.6 Å². The Hall–Kier alpha value is -1.65. The first-order chi connectivity index (χ1) is 23.2. The molecule has 0 aliphatic heterocycles. The lowest BCUT2D eigenvalue weighted by atomic mass is 10.1. The summed E-state index contributed by atoms with van der Waals surface area (Å²) in [6.07, 6.45) is 52.0. The number of aliphatic hydroxyl groups excluding tert-OH is 2. The molecule has 2 unspecified atom stereocenters. The number of hydrogen-bond acceptors (Lipinski definition) is 3. The minimum Gasteiger partial charge on any atom is -0.394 e. The molecule has 0 aliphatic carbocycles. The van der Waals surface area contributed by atoms with Crippen LogP contribution in [0.3, 0.4) is 0 Å². The lowest BCUT2D eigenvalue weighted by Gasteiger charge is -2.19. The molecule has 0 heterocycles. The summed E-state index contributed by atoms with van der Waals surface area (Å²) in [5, 5.41) is 22.9. The number of rotatable bonds is 36. The summed E-state index contributed by atoms with van der Waals surface area (Å²) in [5.74, 6) is -0.0841. The topological polar surface area (TPSA) is 69.6 Å². The number of nitrogens with one attached hydrogen (secondary N) is 1. The monoisotopic (exact) mass is 658 g/mol. The molecular formula is C43H79NO3. The first-order valence-electron chi connectivity index (χ1n) is 20.4. The molecule has 0 aliphatic rings. The van der Waals surface area contributed by atoms with Gasteiger partial charge < -0.3 is 15.5 Å². The maximum atomic E-state index is 12.3. The Labute approximate surface area is 293 Å². The van der Waals surface area contributed by atoms with Crippen molar-refractivity contribution in [3.63, 3.8) is 0 Å². The minimum absolute atomic E-state index is 0.0841. The van der Waals surface area contributed by atoms with Crippen LogP contribution in [0, 0.1) is 0 Å². The molecule has 0 aromatic heterocycles. The summed E-state index contributed by atoms with van der Waals surface area (Å²) >= 11 is 0. The van der Waals surface area contributed by atoms with Gasteiger partial charge in [0.25, 0.3) is 0 Å². The quantitative estimate of drug-likeness (QED) is 0.0464. The van der Waals surface area contributed by atoms with Crippen molar-refractivity contribution < 1.29 is 15.0 Å². The largest absolute Gasteiger partial charge is 0.394 e. The second kappa shape index (κ2) is 38.8. The van der Waals surface area contributed by atoms with Gasteiger partial charge in [-0.05, 0) is 70.6 Å². The molecule has 4 heteroatoms. The van der Waals surface area contributed by atoms with Crippen LogP contribution >= 0.6 is 0 Å². The van der Waals surface area contributed by atoms with Gasteiger partial charge in [0.2, 0.25) is 5.91 Å². The molecule has 47 heavy (non-hydrogen) atoms. The molecule has 0 fully saturated rings. The normalized spacial score (nSPS) is 13.5. The van der Waals surface area contributed by atoms with E-state index in [1.807, 2.05) is 6.08 Å². The lowest BCUT2D eigenvalue weighted by molar-refractivity contribution is -0.123. The minimum atomic E-state index is -0.871. The number of allylic oxidation sites excluding steroid dienone is 7. The zero-order valence-corrected chi connectivity index (χ0v) is 31.3. The van der Waals surface area contributed by atoms with Gasteiger partial charge in [-0.25, -0.2) is 0 Å². The van der Waals surface area contributed by atoms with E-state index in [9.17, 15) is 15.0 Å². The number of amides is 1. The summed E-state index contributed by atoms with van der Waals surface area (Å²) in [5.41, 5.74) is 0. The predicted octanol–water partition coefficient (Wildman–Crippen LogP) is 12.4. The van der Waals surface area contributed by atoms with Crippen molar-refractivity contribution in [2.24, 2.45) is 0 Å². The SMILES string of the molecule is CCCCCCCC/C=C/CC/C=C/CC/C=C/C(O)C(CO)NC(=O)CCCCCCCCC/C=C\CCCCCCCCCC. The third kappa shape index (κ3) is 35.5. The Kier molecular flexibility index (Phi) is 37.4. The van der Waals surface area contributed by atoms with Gasteiger partial charge in [0.1, 0.15) is 0 Å². The summed E-state index contributed by atoms with van der Waals surface area (Å²) in [6, 6.07) is -0.646. The maximum Gasteiger partial charge on any atom is 0.220 e. The van der Waals surface area contributed by atoms with Gasteiger partial charge in [0.15, 0.2) is 0 Å². The molecule has 4 nitrogen and oxygen atoms in total. The van der Waals surface area contributed by atoms with E-state index in [2.05, 4.69) is 55.6 Å². The average Bonchev–Trinajstić information content (AvgIpc) is 3.07. The molecular weight excluding hydrogens is 578 g/mol.